The van der Waals surface area contributed by atoms with Gasteiger partial charge in [0, 0.05) is 10.9 Å². The lowest BCUT2D eigenvalue weighted by atomic mass is 10.00. The fourth-order valence-corrected chi connectivity index (χ4v) is 1.70. The van der Waals surface area contributed by atoms with Crippen molar-refractivity contribution in [3.05, 3.63) is 29.3 Å². The molecule has 4 nitrogen and oxygen atoms in total. The predicted octanol–water partition coefficient (Wildman–Crippen LogP) is 1.30. The molecule has 0 heterocycles. The molecule has 0 bridgehead atoms. The van der Waals surface area contributed by atoms with Gasteiger partial charge < -0.3 is 14.9 Å². The van der Waals surface area contributed by atoms with E-state index in [2.05, 4.69) is 15.9 Å². The molecule has 0 aliphatic carbocycles. The number of aliphatic hydroxyl groups is 2. The van der Waals surface area contributed by atoms with Gasteiger partial charge in [0.1, 0.15) is 11.9 Å². The normalized spacial score (nSPS) is 14.2. The minimum atomic E-state index is -1.09. The summed E-state index contributed by atoms with van der Waals surface area (Å²) in [6.45, 7) is 0. The molecule has 0 aliphatic rings. The number of hydrogen-bond acceptors (Lipinski definition) is 4. The van der Waals surface area contributed by atoms with Crippen LogP contribution in [-0.4, -0.2) is 35.0 Å². The average molecular weight is 289 g/mol. The number of rotatable bonds is 5. The highest BCUT2D eigenvalue weighted by atomic mass is 79.9. The van der Waals surface area contributed by atoms with Gasteiger partial charge in [0.05, 0.1) is 13.2 Å². The Morgan fingerprint density at radius 3 is 2.69 bits per heavy atom. The number of alkyl halides is 1. The maximum atomic E-state index is 10.9. The largest absolute Gasteiger partial charge is 0.497 e. The summed E-state index contributed by atoms with van der Waals surface area (Å²) in [5.41, 5.74) is 0.703. The Morgan fingerprint density at radius 1 is 1.50 bits per heavy atom. The van der Waals surface area contributed by atoms with Crippen LogP contribution >= 0.6 is 15.9 Å². The second-order valence-corrected chi connectivity index (χ2v) is 3.93. The van der Waals surface area contributed by atoms with Crippen LogP contribution in [0, 0.1) is 0 Å². The highest BCUT2D eigenvalue weighted by molar-refractivity contribution is 9.09. The third-order valence-corrected chi connectivity index (χ3v) is 2.93. The third kappa shape index (κ3) is 2.81. The Bertz CT molecular complexity index is 367. The van der Waals surface area contributed by atoms with E-state index < -0.39 is 12.2 Å². The van der Waals surface area contributed by atoms with Crippen LogP contribution in [-0.2, 0) is 0 Å². The quantitative estimate of drug-likeness (QED) is 0.633. The van der Waals surface area contributed by atoms with Crippen LogP contribution in [0.25, 0.3) is 0 Å². The minimum Gasteiger partial charge on any atom is -0.497 e. The van der Waals surface area contributed by atoms with E-state index in [1.54, 1.807) is 12.1 Å². The highest BCUT2D eigenvalue weighted by Gasteiger charge is 2.20. The van der Waals surface area contributed by atoms with Gasteiger partial charge in [-0.1, -0.05) is 22.0 Å². The van der Waals surface area contributed by atoms with Gasteiger partial charge in [-0.25, -0.2) is 0 Å². The Labute approximate surface area is 102 Å². The zero-order valence-corrected chi connectivity index (χ0v) is 10.3. The molecule has 1 aromatic rings. The molecule has 5 heteroatoms. The maximum absolute atomic E-state index is 10.9. The van der Waals surface area contributed by atoms with Gasteiger partial charge >= 0.3 is 0 Å². The summed E-state index contributed by atoms with van der Waals surface area (Å²) < 4.78 is 4.97. The molecule has 0 radical (unpaired) electrons. The number of benzene rings is 1. The lowest BCUT2D eigenvalue weighted by Crippen LogP contribution is -2.20. The first-order valence-electron chi connectivity index (χ1n) is 4.69. The lowest BCUT2D eigenvalue weighted by molar-refractivity contribution is 0.0338. The molecule has 0 spiro atoms. The van der Waals surface area contributed by atoms with E-state index in [0.717, 1.165) is 0 Å². The average Bonchev–Trinajstić information content (AvgIpc) is 2.35. The van der Waals surface area contributed by atoms with Crippen LogP contribution < -0.4 is 4.74 Å². The molecule has 0 aromatic heterocycles. The zero-order chi connectivity index (χ0) is 12.1. The number of aldehydes is 1. The van der Waals surface area contributed by atoms with Gasteiger partial charge in [0.15, 0.2) is 6.29 Å². The number of methoxy groups -OCH3 is 1. The van der Waals surface area contributed by atoms with Crippen molar-refractivity contribution in [1.29, 1.82) is 0 Å². The first-order chi connectivity index (χ1) is 7.63. The number of carbonyl (C=O) groups is 1. The topological polar surface area (TPSA) is 66.8 Å². The Morgan fingerprint density at radius 2 is 2.19 bits per heavy atom. The molecule has 0 saturated carbocycles. The van der Waals surface area contributed by atoms with E-state index in [1.807, 2.05) is 0 Å². The van der Waals surface area contributed by atoms with E-state index in [0.29, 0.717) is 23.2 Å². The van der Waals surface area contributed by atoms with Crippen LogP contribution in [0.1, 0.15) is 22.0 Å². The van der Waals surface area contributed by atoms with E-state index in [1.165, 1.54) is 13.2 Å². The van der Waals surface area contributed by atoms with E-state index in [9.17, 15) is 15.0 Å². The molecule has 2 N–H and O–H groups in total. The van der Waals surface area contributed by atoms with Gasteiger partial charge in [0.25, 0.3) is 0 Å². The van der Waals surface area contributed by atoms with Crippen molar-refractivity contribution in [3.63, 3.8) is 0 Å². The lowest BCUT2D eigenvalue weighted by Gasteiger charge is -2.17. The van der Waals surface area contributed by atoms with Crippen molar-refractivity contribution >= 4 is 22.2 Å². The summed E-state index contributed by atoms with van der Waals surface area (Å²) in [4.78, 5) is 10.9. The van der Waals surface area contributed by atoms with Crippen molar-refractivity contribution in [3.8, 4) is 5.75 Å². The monoisotopic (exact) mass is 288 g/mol. The summed E-state index contributed by atoms with van der Waals surface area (Å²) in [5.74, 6) is 0.534. The SMILES string of the molecule is COc1ccc(C(O)C(O)CBr)c(C=O)c1. The van der Waals surface area contributed by atoms with E-state index in [-0.39, 0.29) is 5.33 Å². The van der Waals surface area contributed by atoms with Gasteiger partial charge in [-0.3, -0.25) is 4.79 Å². The molecule has 1 aromatic carbocycles. The van der Waals surface area contributed by atoms with Gasteiger partial charge in [-0.15, -0.1) is 0 Å². The number of ether oxygens (including phenoxy) is 1. The van der Waals surface area contributed by atoms with Crippen LogP contribution in [0.2, 0.25) is 0 Å². The van der Waals surface area contributed by atoms with Crippen molar-refractivity contribution < 1.29 is 19.7 Å². The molecule has 0 amide bonds. The van der Waals surface area contributed by atoms with Gasteiger partial charge in [0.2, 0.25) is 0 Å². The highest BCUT2D eigenvalue weighted by Crippen LogP contribution is 2.24. The number of carbonyl (C=O) groups excluding carboxylic acids is 1. The number of halogens is 1. The summed E-state index contributed by atoms with van der Waals surface area (Å²) in [5, 5.41) is 19.5. The van der Waals surface area contributed by atoms with Crippen molar-refractivity contribution in [2.24, 2.45) is 0 Å². The predicted molar refractivity (Wildman–Crippen MR) is 63.1 cm³/mol. The van der Waals surface area contributed by atoms with Crippen LogP contribution in [0.5, 0.6) is 5.75 Å². The van der Waals surface area contributed by atoms with Crippen molar-refractivity contribution in [1.82, 2.24) is 0 Å². The molecule has 0 fully saturated rings. The molecule has 2 atom stereocenters. The van der Waals surface area contributed by atoms with Crippen LogP contribution in [0.3, 0.4) is 0 Å². The molecule has 0 aliphatic heterocycles. The Kier molecular flexibility index (Phi) is 4.92. The molecular weight excluding hydrogens is 276 g/mol. The first-order valence-corrected chi connectivity index (χ1v) is 5.81. The molecule has 1 rings (SSSR count). The molecule has 16 heavy (non-hydrogen) atoms. The summed E-state index contributed by atoms with van der Waals surface area (Å²) in [6, 6.07) is 4.72. The van der Waals surface area contributed by atoms with Crippen molar-refractivity contribution in [2.75, 3.05) is 12.4 Å². The summed E-state index contributed by atoms with van der Waals surface area (Å²) >= 11 is 3.06. The second-order valence-electron chi connectivity index (χ2n) is 3.28. The van der Waals surface area contributed by atoms with E-state index >= 15 is 0 Å². The van der Waals surface area contributed by atoms with Gasteiger partial charge in [-0.05, 0) is 17.7 Å². The number of aliphatic hydroxyl groups excluding tert-OH is 2. The van der Waals surface area contributed by atoms with Crippen LogP contribution in [0.4, 0.5) is 0 Å². The summed E-state index contributed by atoms with van der Waals surface area (Å²) in [7, 11) is 1.49. The zero-order valence-electron chi connectivity index (χ0n) is 8.76. The Balaban J connectivity index is 3.08. The molecule has 2 unspecified atom stereocenters. The van der Waals surface area contributed by atoms with Gasteiger partial charge in [-0.2, -0.15) is 0 Å². The number of hydrogen-bond donors (Lipinski definition) is 2. The second kappa shape index (κ2) is 5.98. The molecule has 88 valence electrons. The standard InChI is InChI=1S/C11H13BrO4/c1-16-8-2-3-9(7(4-8)6-13)11(15)10(14)5-12/h2-4,6,10-11,14-15H,5H2,1H3. The van der Waals surface area contributed by atoms with E-state index in [4.69, 9.17) is 4.74 Å². The fourth-order valence-electron chi connectivity index (χ4n) is 1.34. The first kappa shape index (κ1) is 13.2. The maximum Gasteiger partial charge on any atom is 0.150 e. The smallest absolute Gasteiger partial charge is 0.150 e. The third-order valence-electron chi connectivity index (χ3n) is 2.26. The summed E-state index contributed by atoms with van der Waals surface area (Å²) in [6.07, 6.45) is -1.42. The minimum absolute atomic E-state index is 0.235. The fraction of sp³-hybridized carbons (Fsp3) is 0.364. The van der Waals surface area contributed by atoms with Crippen LogP contribution in [0.15, 0.2) is 18.2 Å². The molecular formula is C11H13BrO4. The Hall–Kier alpha value is -0.910. The van der Waals surface area contributed by atoms with Crippen molar-refractivity contribution in [2.45, 2.75) is 12.2 Å². The molecule has 0 saturated heterocycles.